The Labute approximate surface area is 121 Å². The number of aromatic nitrogens is 1. The molecule has 1 aliphatic rings. The normalized spacial score (nSPS) is 20.0. The van der Waals surface area contributed by atoms with Gasteiger partial charge >= 0.3 is 0 Å². The lowest BCUT2D eigenvalue weighted by Crippen LogP contribution is -2.25. The van der Waals surface area contributed by atoms with Crippen LogP contribution in [0.25, 0.3) is 0 Å². The van der Waals surface area contributed by atoms with E-state index in [1.165, 1.54) is 12.0 Å². The van der Waals surface area contributed by atoms with Crippen molar-refractivity contribution >= 4 is 0 Å². The number of pyridine rings is 1. The van der Waals surface area contributed by atoms with E-state index in [2.05, 4.69) is 23.3 Å². The van der Waals surface area contributed by atoms with Crippen molar-refractivity contribution in [2.24, 2.45) is 5.92 Å². The summed E-state index contributed by atoms with van der Waals surface area (Å²) in [5.41, 5.74) is 1.22. The largest absolute Gasteiger partial charge is 0.492 e. The molecule has 2 heterocycles. The molecule has 1 saturated heterocycles. The number of ether oxygens (including phenoxy) is 2. The molecule has 0 radical (unpaired) electrons. The minimum Gasteiger partial charge on any atom is -0.492 e. The molecule has 2 rings (SSSR count). The van der Waals surface area contributed by atoms with E-state index in [1.54, 1.807) is 6.20 Å². The zero-order valence-electron chi connectivity index (χ0n) is 12.6. The van der Waals surface area contributed by atoms with Crippen LogP contribution in [-0.2, 0) is 4.74 Å². The van der Waals surface area contributed by atoms with Crippen LogP contribution in [-0.4, -0.2) is 31.3 Å². The molecule has 0 spiro atoms. The zero-order valence-corrected chi connectivity index (χ0v) is 12.6. The van der Waals surface area contributed by atoms with Gasteiger partial charge in [-0.15, -0.1) is 0 Å². The van der Waals surface area contributed by atoms with Crippen LogP contribution in [0.1, 0.15) is 44.7 Å². The molecule has 2 atom stereocenters. The second-order valence-corrected chi connectivity index (χ2v) is 5.36. The van der Waals surface area contributed by atoms with Crippen LogP contribution in [0.2, 0.25) is 0 Å². The summed E-state index contributed by atoms with van der Waals surface area (Å²) in [6.45, 7) is 7.68. The van der Waals surface area contributed by atoms with Crippen LogP contribution in [0.3, 0.4) is 0 Å². The Hall–Kier alpha value is -1.13. The smallest absolute Gasteiger partial charge is 0.137 e. The fraction of sp³-hybridized carbons (Fsp3) is 0.688. The fourth-order valence-electron chi connectivity index (χ4n) is 2.63. The predicted octanol–water partition coefficient (Wildman–Crippen LogP) is 2.95. The Balaban J connectivity index is 2.05. The summed E-state index contributed by atoms with van der Waals surface area (Å²) in [7, 11) is 0. The highest BCUT2D eigenvalue weighted by Gasteiger charge is 2.22. The van der Waals surface area contributed by atoms with Crippen LogP contribution in [0.4, 0.5) is 0 Å². The maximum atomic E-state index is 5.56. The third-order valence-electron chi connectivity index (χ3n) is 3.68. The summed E-state index contributed by atoms with van der Waals surface area (Å²) >= 11 is 0. The quantitative estimate of drug-likeness (QED) is 0.794. The van der Waals surface area contributed by atoms with Gasteiger partial charge in [0.25, 0.3) is 0 Å². The predicted molar refractivity (Wildman–Crippen MR) is 80.0 cm³/mol. The van der Waals surface area contributed by atoms with Crippen molar-refractivity contribution in [2.45, 2.75) is 39.2 Å². The molecule has 0 amide bonds. The van der Waals surface area contributed by atoms with E-state index in [0.29, 0.717) is 18.6 Å². The van der Waals surface area contributed by atoms with Gasteiger partial charge in [0.05, 0.1) is 12.8 Å². The summed E-state index contributed by atoms with van der Waals surface area (Å²) in [5.74, 6) is 1.51. The van der Waals surface area contributed by atoms with Crippen molar-refractivity contribution in [3.05, 3.63) is 24.0 Å². The minimum atomic E-state index is 0.342. The van der Waals surface area contributed by atoms with Crippen molar-refractivity contribution in [1.82, 2.24) is 10.3 Å². The molecule has 1 fully saturated rings. The number of rotatable bonds is 8. The van der Waals surface area contributed by atoms with Crippen molar-refractivity contribution in [3.8, 4) is 5.75 Å². The molecule has 0 bridgehead atoms. The SMILES string of the molecule is CCCNC(CC1CCOC1)c1cncc(OCC)c1. The van der Waals surface area contributed by atoms with Crippen LogP contribution in [0.15, 0.2) is 18.5 Å². The van der Waals surface area contributed by atoms with Gasteiger partial charge in [-0.2, -0.15) is 0 Å². The number of nitrogens with zero attached hydrogens (tertiary/aromatic N) is 1. The van der Waals surface area contributed by atoms with Crippen molar-refractivity contribution < 1.29 is 9.47 Å². The molecule has 4 heteroatoms. The van der Waals surface area contributed by atoms with Gasteiger partial charge in [-0.05, 0) is 50.3 Å². The van der Waals surface area contributed by atoms with Gasteiger partial charge < -0.3 is 14.8 Å². The monoisotopic (exact) mass is 278 g/mol. The van der Waals surface area contributed by atoms with Crippen LogP contribution >= 0.6 is 0 Å². The average Bonchev–Trinajstić information content (AvgIpc) is 2.97. The molecule has 1 aromatic heterocycles. The first-order valence-corrected chi connectivity index (χ1v) is 7.72. The molecule has 20 heavy (non-hydrogen) atoms. The highest BCUT2D eigenvalue weighted by atomic mass is 16.5. The van der Waals surface area contributed by atoms with Gasteiger partial charge in [-0.25, -0.2) is 0 Å². The number of nitrogens with one attached hydrogen (secondary N) is 1. The first-order valence-electron chi connectivity index (χ1n) is 7.72. The Bertz CT molecular complexity index is 392. The molecule has 2 unspecified atom stereocenters. The molecule has 1 N–H and O–H groups in total. The highest BCUT2D eigenvalue weighted by molar-refractivity contribution is 5.26. The molecule has 0 aromatic carbocycles. The molecular weight excluding hydrogens is 252 g/mol. The highest BCUT2D eigenvalue weighted by Crippen LogP contribution is 2.27. The van der Waals surface area contributed by atoms with E-state index < -0.39 is 0 Å². The minimum absolute atomic E-state index is 0.342. The van der Waals surface area contributed by atoms with Crippen LogP contribution in [0.5, 0.6) is 5.75 Å². The Morgan fingerprint density at radius 2 is 2.35 bits per heavy atom. The van der Waals surface area contributed by atoms with E-state index in [-0.39, 0.29) is 0 Å². The van der Waals surface area contributed by atoms with Crippen LogP contribution < -0.4 is 10.1 Å². The molecule has 1 aliphatic heterocycles. The lowest BCUT2D eigenvalue weighted by Gasteiger charge is -2.22. The fourth-order valence-corrected chi connectivity index (χ4v) is 2.63. The summed E-state index contributed by atoms with van der Waals surface area (Å²) in [5, 5.41) is 3.63. The first kappa shape index (κ1) is 15.3. The summed E-state index contributed by atoms with van der Waals surface area (Å²) in [4.78, 5) is 4.31. The first-order chi connectivity index (χ1) is 9.83. The van der Waals surface area contributed by atoms with Gasteiger partial charge in [-0.1, -0.05) is 6.92 Å². The van der Waals surface area contributed by atoms with Gasteiger partial charge in [0, 0.05) is 25.5 Å². The molecular formula is C16H26N2O2. The third kappa shape index (κ3) is 4.46. The maximum Gasteiger partial charge on any atom is 0.137 e. The topological polar surface area (TPSA) is 43.4 Å². The van der Waals surface area contributed by atoms with Crippen molar-refractivity contribution in [2.75, 3.05) is 26.4 Å². The molecule has 4 nitrogen and oxygen atoms in total. The van der Waals surface area contributed by atoms with E-state index in [4.69, 9.17) is 9.47 Å². The van der Waals surface area contributed by atoms with Gasteiger partial charge in [0.1, 0.15) is 5.75 Å². The average molecular weight is 278 g/mol. The summed E-state index contributed by atoms with van der Waals surface area (Å²) in [6.07, 6.45) is 7.14. The number of hydrogen-bond donors (Lipinski definition) is 1. The van der Waals surface area contributed by atoms with E-state index in [1.807, 2.05) is 13.1 Å². The molecule has 0 saturated carbocycles. The standard InChI is InChI=1S/C16H26N2O2/c1-3-6-18-16(8-13-5-7-19-12-13)14-9-15(20-4-2)11-17-10-14/h9-11,13,16,18H,3-8,12H2,1-2H3. The van der Waals surface area contributed by atoms with E-state index in [9.17, 15) is 0 Å². The third-order valence-corrected chi connectivity index (χ3v) is 3.68. The van der Waals surface area contributed by atoms with E-state index in [0.717, 1.165) is 38.3 Å². The second-order valence-electron chi connectivity index (χ2n) is 5.36. The lowest BCUT2D eigenvalue weighted by molar-refractivity contribution is 0.181. The van der Waals surface area contributed by atoms with Crippen LogP contribution in [0, 0.1) is 5.92 Å². The molecule has 1 aromatic rings. The second kappa shape index (κ2) is 8.22. The van der Waals surface area contributed by atoms with Gasteiger partial charge in [0.2, 0.25) is 0 Å². The maximum absolute atomic E-state index is 5.56. The Morgan fingerprint density at radius 1 is 1.45 bits per heavy atom. The summed E-state index contributed by atoms with van der Waals surface area (Å²) in [6, 6.07) is 2.45. The van der Waals surface area contributed by atoms with E-state index >= 15 is 0 Å². The van der Waals surface area contributed by atoms with Crippen molar-refractivity contribution in [1.29, 1.82) is 0 Å². The Kier molecular flexibility index (Phi) is 6.27. The Morgan fingerprint density at radius 3 is 3.05 bits per heavy atom. The lowest BCUT2D eigenvalue weighted by atomic mass is 9.95. The van der Waals surface area contributed by atoms with Gasteiger partial charge in [0.15, 0.2) is 0 Å². The van der Waals surface area contributed by atoms with Crippen molar-refractivity contribution in [3.63, 3.8) is 0 Å². The number of hydrogen-bond acceptors (Lipinski definition) is 4. The molecule has 112 valence electrons. The van der Waals surface area contributed by atoms with Gasteiger partial charge in [-0.3, -0.25) is 4.98 Å². The molecule has 0 aliphatic carbocycles. The summed E-state index contributed by atoms with van der Waals surface area (Å²) < 4.78 is 11.0. The zero-order chi connectivity index (χ0) is 14.2.